The smallest absolute Gasteiger partial charge is 0.165 e. The number of nitrogens with zero attached hydrogens (tertiary/aromatic N) is 1. The third kappa shape index (κ3) is 2.66. The summed E-state index contributed by atoms with van der Waals surface area (Å²) in [5.74, 6) is 0.269. The summed E-state index contributed by atoms with van der Waals surface area (Å²) in [6, 6.07) is 8.28. The van der Waals surface area contributed by atoms with E-state index in [1.165, 1.54) is 13.2 Å². The van der Waals surface area contributed by atoms with Gasteiger partial charge in [-0.15, -0.1) is 0 Å². The summed E-state index contributed by atoms with van der Waals surface area (Å²) < 4.78 is 18.4. The number of anilines is 1. The zero-order valence-corrected chi connectivity index (χ0v) is 10.9. The number of aromatic nitrogens is 1. The Labute approximate surface area is 111 Å². The first-order valence-corrected chi connectivity index (χ1v) is 5.88. The molecule has 0 aliphatic carbocycles. The van der Waals surface area contributed by atoms with Crippen molar-refractivity contribution >= 4 is 5.82 Å². The predicted molar refractivity (Wildman–Crippen MR) is 72.5 cm³/mol. The summed E-state index contributed by atoms with van der Waals surface area (Å²) >= 11 is 0. The highest BCUT2D eigenvalue weighted by Crippen LogP contribution is 2.28. The molecular weight excluding hydrogens is 245 g/mol. The summed E-state index contributed by atoms with van der Waals surface area (Å²) in [6.07, 6.45) is 1.64. The number of hydrogen-bond acceptors (Lipinski definition) is 4. The van der Waals surface area contributed by atoms with Gasteiger partial charge in [0.15, 0.2) is 11.6 Å². The van der Waals surface area contributed by atoms with Crippen LogP contribution in [0.5, 0.6) is 5.75 Å². The Bertz CT molecular complexity index is 574. The summed E-state index contributed by atoms with van der Waals surface area (Å²) in [4.78, 5) is 4.07. The summed E-state index contributed by atoms with van der Waals surface area (Å²) in [5.41, 5.74) is 7.59. The number of halogens is 1. The Balaban J connectivity index is 2.45. The third-order valence-corrected chi connectivity index (χ3v) is 2.98. The minimum absolute atomic E-state index is 0.164. The number of methoxy groups -OCH3 is 1. The molecule has 5 heteroatoms. The normalized spacial score (nSPS) is 12.2. The van der Waals surface area contributed by atoms with Crippen LogP contribution in [0, 0.1) is 5.82 Å². The molecule has 1 unspecified atom stereocenters. The van der Waals surface area contributed by atoms with Gasteiger partial charge in [0.1, 0.15) is 5.82 Å². The van der Waals surface area contributed by atoms with Crippen LogP contribution < -0.4 is 15.8 Å². The number of nitrogens with two attached hydrogens (primary N) is 1. The van der Waals surface area contributed by atoms with Crippen LogP contribution in [0.4, 0.5) is 10.2 Å². The van der Waals surface area contributed by atoms with E-state index in [4.69, 9.17) is 10.5 Å². The topological polar surface area (TPSA) is 60.2 Å². The van der Waals surface area contributed by atoms with Gasteiger partial charge in [-0.25, -0.2) is 9.37 Å². The van der Waals surface area contributed by atoms with Gasteiger partial charge < -0.3 is 15.8 Å². The molecule has 0 radical (unpaired) electrons. The predicted octanol–water partition coefficient (Wildman–Crippen LogP) is 2.12. The third-order valence-electron chi connectivity index (χ3n) is 2.98. The van der Waals surface area contributed by atoms with Crippen LogP contribution >= 0.6 is 0 Å². The first-order valence-electron chi connectivity index (χ1n) is 5.88. The molecule has 0 aliphatic rings. The molecule has 3 N–H and O–H groups in total. The lowest BCUT2D eigenvalue weighted by Crippen LogP contribution is -2.19. The standard InChI is InChI=1S/C14H16FN3O/c1-17-13(10-4-3-7-18-14(10)16)9-5-6-11(15)12(8-9)19-2/h3-8,13,17H,1-2H3,(H2,16,18). The maximum Gasteiger partial charge on any atom is 0.165 e. The van der Waals surface area contributed by atoms with Crippen LogP contribution in [0.3, 0.4) is 0 Å². The van der Waals surface area contributed by atoms with E-state index in [-0.39, 0.29) is 17.6 Å². The van der Waals surface area contributed by atoms with E-state index in [1.807, 2.05) is 19.2 Å². The SMILES string of the molecule is CNC(c1ccc(F)c(OC)c1)c1cccnc1N. The van der Waals surface area contributed by atoms with Crippen molar-refractivity contribution in [3.63, 3.8) is 0 Å². The quantitative estimate of drug-likeness (QED) is 0.885. The Hall–Kier alpha value is -2.14. The van der Waals surface area contributed by atoms with Crippen LogP contribution in [-0.2, 0) is 0 Å². The molecule has 0 saturated carbocycles. The minimum Gasteiger partial charge on any atom is -0.494 e. The Morgan fingerprint density at radius 2 is 2.16 bits per heavy atom. The van der Waals surface area contributed by atoms with Gasteiger partial charge in [-0.1, -0.05) is 12.1 Å². The Kier molecular flexibility index (Phi) is 3.97. The molecule has 100 valence electrons. The monoisotopic (exact) mass is 261 g/mol. The first kappa shape index (κ1) is 13.3. The van der Waals surface area contributed by atoms with Crippen LogP contribution in [0.25, 0.3) is 0 Å². The average molecular weight is 261 g/mol. The van der Waals surface area contributed by atoms with Gasteiger partial charge in [0.05, 0.1) is 13.2 Å². The fourth-order valence-electron chi connectivity index (χ4n) is 2.03. The number of pyridine rings is 1. The van der Waals surface area contributed by atoms with E-state index in [0.717, 1.165) is 11.1 Å². The number of nitrogens with one attached hydrogen (secondary N) is 1. The highest BCUT2D eigenvalue weighted by atomic mass is 19.1. The second kappa shape index (κ2) is 5.67. The van der Waals surface area contributed by atoms with Gasteiger partial charge in [0, 0.05) is 11.8 Å². The summed E-state index contributed by atoms with van der Waals surface area (Å²) in [5, 5.41) is 3.15. The zero-order chi connectivity index (χ0) is 13.8. The molecule has 0 spiro atoms. The molecule has 0 fully saturated rings. The van der Waals surface area contributed by atoms with Crippen molar-refractivity contribution < 1.29 is 9.13 Å². The fraction of sp³-hybridized carbons (Fsp3) is 0.214. The Morgan fingerprint density at radius 3 is 2.79 bits per heavy atom. The zero-order valence-electron chi connectivity index (χ0n) is 10.9. The molecule has 0 bridgehead atoms. The highest BCUT2D eigenvalue weighted by molar-refractivity contribution is 5.46. The number of ether oxygens (including phenoxy) is 1. The van der Waals surface area contributed by atoms with Crippen LogP contribution in [0.15, 0.2) is 36.5 Å². The van der Waals surface area contributed by atoms with Crippen molar-refractivity contribution in [2.75, 3.05) is 19.9 Å². The van der Waals surface area contributed by atoms with Crippen molar-refractivity contribution in [1.82, 2.24) is 10.3 Å². The van der Waals surface area contributed by atoms with Gasteiger partial charge >= 0.3 is 0 Å². The Morgan fingerprint density at radius 1 is 1.37 bits per heavy atom. The van der Waals surface area contributed by atoms with E-state index >= 15 is 0 Å². The number of hydrogen-bond donors (Lipinski definition) is 2. The van der Waals surface area contributed by atoms with Gasteiger partial charge in [0.25, 0.3) is 0 Å². The van der Waals surface area contributed by atoms with Crippen molar-refractivity contribution in [3.8, 4) is 5.75 Å². The van der Waals surface area contributed by atoms with E-state index in [9.17, 15) is 4.39 Å². The molecule has 1 heterocycles. The van der Waals surface area contributed by atoms with Crippen LogP contribution in [0.2, 0.25) is 0 Å². The first-order chi connectivity index (χ1) is 9.17. The van der Waals surface area contributed by atoms with Gasteiger partial charge in [-0.2, -0.15) is 0 Å². The molecule has 1 aromatic heterocycles. The van der Waals surface area contributed by atoms with Crippen molar-refractivity contribution in [3.05, 3.63) is 53.5 Å². The molecule has 0 aliphatic heterocycles. The molecule has 19 heavy (non-hydrogen) atoms. The van der Waals surface area contributed by atoms with Gasteiger partial charge in [-0.3, -0.25) is 0 Å². The second-order valence-electron chi connectivity index (χ2n) is 4.09. The van der Waals surface area contributed by atoms with E-state index < -0.39 is 0 Å². The summed E-state index contributed by atoms with van der Waals surface area (Å²) in [6.45, 7) is 0. The van der Waals surface area contributed by atoms with Crippen LogP contribution in [-0.4, -0.2) is 19.1 Å². The van der Waals surface area contributed by atoms with Crippen molar-refractivity contribution in [2.45, 2.75) is 6.04 Å². The lowest BCUT2D eigenvalue weighted by atomic mass is 9.99. The molecule has 2 aromatic rings. The largest absolute Gasteiger partial charge is 0.494 e. The second-order valence-corrected chi connectivity index (χ2v) is 4.09. The van der Waals surface area contributed by atoms with Crippen molar-refractivity contribution in [2.24, 2.45) is 0 Å². The fourth-order valence-corrected chi connectivity index (χ4v) is 2.03. The average Bonchev–Trinajstić information content (AvgIpc) is 2.43. The lowest BCUT2D eigenvalue weighted by Gasteiger charge is -2.19. The van der Waals surface area contributed by atoms with Crippen LogP contribution in [0.1, 0.15) is 17.2 Å². The minimum atomic E-state index is -0.389. The maximum absolute atomic E-state index is 13.4. The summed E-state index contributed by atoms with van der Waals surface area (Å²) in [7, 11) is 3.25. The van der Waals surface area contributed by atoms with Gasteiger partial charge in [-0.05, 0) is 30.8 Å². The molecule has 1 atom stereocenters. The number of rotatable bonds is 4. The number of benzene rings is 1. The highest BCUT2D eigenvalue weighted by Gasteiger charge is 2.17. The molecule has 0 amide bonds. The molecule has 0 saturated heterocycles. The molecule has 2 rings (SSSR count). The van der Waals surface area contributed by atoms with E-state index in [0.29, 0.717) is 5.82 Å². The number of nitrogen functional groups attached to an aromatic ring is 1. The van der Waals surface area contributed by atoms with Crippen molar-refractivity contribution in [1.29, 1.82) is 0 Å². The van der Waals surface area contributed by atoms with E-state index in [2.05, 4.69) is 10.3 Å². The van der Waals surface area contributed by atoms with Gasteiger partial charge in [0.2, 0.25) is 0 Å². The van der Waals surface area contributed by atoms with E-state index in [1.54, 1.807) is 18.3 Å². The maximum atomic E-state index is 13.4. The lowest BCUT2D eigenvalue weighted by molar-refractivity contribution is 0.385. The molecular formula is C14H16FN3O. The molecule has 4 nitrogen and oxygen atoms in total. The molecule has 1 aromatic carbocycles.